The molecule has 0 heterocycles. The third-order valence-electron chi connectivity index (χ3n) is 8.95. The zero-order chi connectivity index (χ0) is 36.6. The fourth-order valence-electron chi connectivity index (χ4n) is 6.10. The Morgan fingerprint density at radius 2 is 1.23 bits per heavy atom. The van der Waals surface area contributed by atoms with E-state index in [4.69, 9.17) is 18.9 Å². The van der Waals surface area contributed by atoms with Crippen molar-refractivity contribution >= 4 is 11.9 Å². The number of alkyl halides is 6. The average Bonchev–Trinajstić information content (AvgIpc) is 2.99. The summed E-state index contributed by atoms with van der Waals surface area (Å²) >= 11 is 0. The molecule has 7 atom stereocenters. The highest BCUT2D eigenvalue weighted by molar-refractivity contribution is 5.83. The Bertz CT molecular complexity index is 1460. The van der Waals surface area contributed by atoms with Gasteiger partial charge in [-0.05, 0) is 32.4 Å². The van der Waals surface area contributed by atoms with Gasteiger partial charge in [0.1, 0.15) is 29.5 Å². The van der Waals surface area contributed by atoms with Crippen molar-refractivity contribution in [3.63, 3.8) is 0 Å². The van der Waals surface area contributed by atoms with Crippen LogP contribution in [0.25, 0.3) is 0 Å². The second kappa shape index (κ2) is 13.4. The van der Waals surface area contributed by atoms with Crippen LogP contribution >= 0.6 is 0 Å². The van der Waals surface area contributed by atoms with Gasteiger partial charge in [-0.25, -0.2) is 9.59 Å². The Morgan fingerprint density at radius 3 is 1.62 bits per heavy atom. The summed E-state index contributed by atoms with van der Waals surface area (Å²) in [6.45, 7) is 4.78. The number of aliphatic hydroxyl groups excluding tert-OH is 1. The van der Waals surface area contributed by atoms with Gasteiger partial charge in [0, 0.05) is 30.8 Å². The molecular weight excluding hydrogens is 654 g/mol. The lowest BCUT2D eigenvalue weighted by Crippen LogP contribution is -2.72. The van der Waals surface area contributed by atoms with E-state index in [2.05, 4.69) is 0 Å². The quantitative estimate of drug-likeness (QED) is 0.181. The van der Waals surface area contributed by atoms with Gasteiger partial charge in [-0.3, -0.25) is 0 Å². The highest BCUT2D eigenvalue weighted by atomic mass is 19.4. The molecule has 1 saturated carbocycles. The number of hydrogen-bond donors (Lipinski definition) is 3. The number of methoxy groups -OCH3 is 2. The van der Waals surface area contributed by atoms with Gasteiger partial charge in [0.15, 0.2) is 0 Å². The van der Waals surface area contributed by atoms with Gasteiger partial charge in [0.2, 0.25) is 0 Å². The predicted octanol–water partition coefficient (Wildman–Crippen LogP) is 4.87. The first-order chi connectivity index (χ1) is 22.0. The molecule has 2 aromatic rings. The highest BCUT2D eigenvalue weighted by Crippen LogP contribution is 2.52. The zero-order valence-electron chi connectivity index (χ0n) is 26.9. The van der Waals surface area contributed by atoms with Gasteiger partial charge < -0.3 is 34.3 Å². The molecule has 1 aliphatic carbocycles. The first-order valence-electron chi connectivity index (χ1n) is 14.6. The molecule has 1 fully saturated rings. The first kappa shape index (κ1) is 38.9. The largest absolute Gasteiger partial charge is 0.457 e. The summed E-state index contributed by atoms with van der Waals surface area (Å²) in [6, 6.07) is 11.9. The smallest absolute Gasteiger partial charge is 0.432 e. The van der Waals surface area contributed by atoms with Gasteiger partial charge in [-0.2, -0.15) is 26.3 Å². The molecule has 9 nitrogen and oxygen atoms in total. The van der Waals surface area contributed by atoms with Crippen molar-refractivity contribution in [2.45, 2.75) is 87.2 Å². The number of esters is 2. The molecule has 0 bridgehead atoms. The lowest BCUT2D eigenvalue weighted by molar-refractivity contribution is -0.295. The van der Waals surface area contributed by atoms with E-state index in [0.29, 0.717) is 14.2 Å². The summed E-state index contributed by atoms with van der Waals surface area (Å²) in [6.07, 6.45) is -14.8. The molecule has 0 spiro atoms. The van der Waals surface area contributed by atoms with E-state index < -0.39 is 88.0 Å². The summed E-state index contributed by atoms with van der Waals surface area (Å²) in [5.41, 5.74) is -15.0. The van der Waals surface area contributed by atoms with E-state index in [9.17, 15) is 51.3 Å². The minimum Gasteiger partial charge on any atom is -0.457 e. The Labute approximate surface area is 273 Å². The minimum absolute atomic E-state index is 0.521. The van der Waals surface area contributed by atoms with Crippen LogP contribution in [0.4, 0.5) is 26.3 Å². The maximum absolute atomic E-state index is 14.4. The zero-order valence-corrected chi connectivity index (χ0v) is 26.9. The number of hydrogen-bond acceptors (Lipinski definition) is 9. The van der Waals surface area contributed by atoms with Crippen molar-refractivity contribution in [2.75, 3.05) is 14.2 Å². The van der Waals surface area contributed by atoms with Crippen LogP contribution < -0.4 is 0 Å². The summed E-state index contributed by atoms with van der Waals surface area (Å²) in [5, 5.41) is 34.4. The Kier molecular flexibility index (Phi) is 10.9. The van der Waals surface area contributed by atoms with Gasteiger partial charge in [-0.15, -0.1) is 0 Å². The number of aliphatic hydroxyl groups is 3. The average molecular weight is 693 g/mol. The summed E-state index contributed by atoms with van der Waals surface area (Å²) in [5.74, 6) is -3.77. The Hall–Kier alpha value is -3.50. The van der Waals surface area contributed by atoms with Crippen molar-refractivity contribution in [2.24, 2.45) is 5.41 Å². The fourth-order valence-corrected chi connectivity index (χ4v) is 6.10. The maximum Gasteiger partial charge on any atom is 0.432 e. The van der Waals surface area contributed by atoms with Crippen LogP contribution in [0, 0.1) is 5.41 Å². The predicted molar refractivity (Wildman–Crippen MR) is 157 cm³/mol. The normalized spacial score (nSPS) is 27.8. The highest BCUT2D eigenvalue weighted by Gasteiger charge is 2.68. The van der Waals surface area contributed by atoms with Gasteiger partial charge in [0.05, 0.1) is 0 Å². The molecule has 0 unspecified atom stereocenters. The summed E-state index contributed by atoms with van der Waals surface area (Å²) < 4.78 is 106. The van der Waals surface area contributed by atoms with Gasteiger partial charge in [-0.1, -0.05) is 74.5 Å². The van der Waals surface area contributed by atoms with Crippen LogP contribution in [0.2, 0.25) is 0 Å². The molecule has 2 aromatic carbocycles. The molecule has 266 valence electrons. The second-order valence-corrected chi connectivity index (χ2v) is 12.4. The Balaban J connectivity index is 1.92. The first-order valence-corrected chi connectivity index (χ1v) is 14.6. The third kappa shape index (κ3) is 6.33. The molecule has 15 heteroatoms. The number of rotatable bonds is 10. The third-order valence-corrected chi connectivity index (χ3v) is 8.95. The number of carbonyl (C=O) groups excluding carboxylic acids is 2. The van der Waals surface area contributed by atoms with E-state index in [-0.39, 0.29) is 0 Å². The van der Waals surface area contributed by atoms with E-state index in [0.717, 1.165) is 50.3 Å². The number of ether oxygens (including phenoxy) is 4. The van der Waals surface area contributed by atoms with Gasteiger partial charge >= 0.3 is 24.3 Å². The molecule has 0 radical (unpaired) electrons. The fraction of sp³-hybridized carbons (Fsp3) is 0.515. The van der Waals surface area contributed by atoms with Gasteiger partial charge in [0.25, 0.3) is 11.2 Å². The lowest BCUT2D eigenvalue weighted by atomic mass is 9.56. The minimum atomic E-state index is -5.33. The monoisotopic (exact) mass is 692 g/mol. The van der Waals surface area contributed by atoms with Crippen molar-refractivity contribution in [1.29, 1.82) is 0 Å². The summed E-state index contributed by atoms with van der Waals surface area (Å²) in [7, 11) is 1.34. The van der Waals surface area contributed by atoms with Crippen molar-refractivity contribution in [1.82, 2.24) is 0 Å². The van der Waals surface area contributed by atoms with E-state index >= 15 is 0 Å². The SMILES string of the molecule is CO[C@@](C(=O)O[C@H](C)/C=C/[C@@]1(O)C(C)(C)C[C@H](OC(=O)[C@](OC)(c2ccccc2)C(F)(F)F)[C@@H](O)[C@@]1(C)O)(c1ccccc1)C(F)(F)F. The van der Waals surface area contributed by atoms with Crippen molar-refractivity contribution in [3.05, 3.63) is 83.9 Å². The molecule has 3 N–H and O–H groups in total. The number of halogens is 6. The van der Waals surface area contributed by atoms with Crippen molar-refractivity contribution in [3.8, 4) is 0 Å². The van der Waals surface area contributed by atoms with Crippen LogP contribution in [0.15, 0.2) is 72.8 Å². The maximum atomic E-state index is 14.4. The van der Waals surface area contributed by atoms with Crippen LogP contribution in [0.1, 0.15) is 45.2 Å². The van der Waals surface area contributed by atoms with Crippen LogP contribution in [0.5, 0.6) is 0 Å². The Morgan fingerprint density at radius 1 is 0.812 bits per heavy atom. The number of carbonyl (C=O) groups is 2. The standard InChI is InChI=1S/C33H38F6O9/c1-20(47-25(41)30(45-5,32(34,35)36)21-13-9-7-10-14-21)17-18-29(44)27(2,3)19-23(24(40)28(29,4)43)48-26(42)31(46-6,33(37,38)39)22-15-11-8-12-16-22/h7-18,20,23-24,40,43-44H,19H2,1-6H3/b18-17+/t20-,23+,24-,28-,29-,30-,31-/m1/s1. The molecule has 0 aromatic heterocycles. The van der Waals surface area contributed by atoms with E-state index in [1.54, 1.807) is 0 Å². The molecule has 0 aliphatic heterocycles. The molecule has 3 rings (SSSR count). The second-order valence-electron chi connectivity index (χ2n) is 12.4. The molecule has 1 aliphatic rings. The van der Waals surface area contributed by atoms with E-state index in [1.807, 2.05) is 0 Å². The van der Waals surface area contributed by atoms with Crippen LogP contribution in [-0.2, 0) is 39.7 Å². The number of benzene rings is 2. The molecule has 0 amide bonds. The topological polar surface area (TPSA) is 132 Å². The molecule has 48 heavy (non-hydrogen) atoms. The van der Waals surface area contributed by atoms with E-state index in [1.165, 1.54) is 50.2 Å². The van der Waals surface area contributed by atoms with Crippen molar-refractivity contribution < 1.29 is 70.2 Å². The van der Waals surface area contributed by atoms with Crippen LogP contribution in [0.3, 0.4) is 0 Å². The lowest BCUT2D eigenvalue weighted by Gasteiger charge is -2.57. The summed E-state index contributed by atoms with van der Waals surface area (Å²) in [4.78, 5) is 26.3. The molecule has 0 saturated heterocycles. The van der Waals surface area contributed by atoms with Crippen LogP contribution in [-0.4, -0.2) is 83.3 Å². The molecular formula is C33H38F6O9.